The van der Waals surface area contributed by atoms with E-state index in [4.69, 9.17) is 11.6 Å². The van der Waals surface area contributed by atoms with Gasteiger partial charge in [0.15, 0.2) is 5.75 Å². The summed E-state index contributed by atoms with van der Waals surface area (Å²) in [6, 6.07) is 8.39. The third kappa shape index (κ3) is 2.34. The Labute approximate surface area is 141 Å². The molecule has 0 aliphatic carbocycles. The molecule has 0 fully saturated rings. The Morgan fingerprint density at radius 3 is 2.71 bits per heavy atom. The van der Waals surface area contributed by atoms with Crippen LogP contribution in [0.15, 0.2) is 42.7 Å². The molecule has 0 radical (unpaired) electrons. The highest BCUT2D eigenvalue weighted by atomic mass is 35.5. The van der Waals surface area contributed by atoms with E-state index < -0.39 is 5.82 Å². The summed E-state index contributed by atoms with van der Waals surface area (Å²) in [5, 5.41) is 21.9. The van der Waals surface area contributed by atoms with Gasteiger partial charge in [0.2, 0.25) is 5.88 Å². The van der Waals surface area contributed by atoms with E-state index in [1.807, 2.05) is 12.1 Å². The Hall–Kier alpha value is -2.79. The fourth-order valence-corrected chi connectivity index (χ4v) is 3.10. The van der Waals surface area contributed by atoms with Gasteiger partial charge in [-0.2, -0.15) is 0 Å². The van der Waals surface area contributed by atoms with Crippen LogP contribution in [0.3, 0.4) is 0 Å². The number of halogens is 2. The van der Waals surface area contributed by atoms with Crippen LogP contribution in [0.4, 0.5) is 4.39 Å². The van der Waals surface area contributed by atoms with Crippen LogP contribution in [0.5, 0.6) is 11.6 Å². The quantitative estimate of drug-likeness (QED) is 0.502. The standard InChI is InChI=1S/C18H12ClFN2O2/c19-13-5-9(1-2-14(13)20)3-10-4-11-6-12-8-22-18(24)15(12)17(23)16(11)21-7-10/h1-2,4-8,21,23-24H,3H2. The maximum Gasteiger partial charge on any atom is 0.222 e. The van der Waals surface area contributed by atoms with Crippen molar-refractivity contribution in [1.82, 2.24) is 9.97 Å². The number of fused-ring (bicyclic) bond motifs is 2. The van der Waals surface area contributed by atoms with E-state index in [9.17, 15) is 14.6 Å². The van der Waals surface area contributed by atoms with Crippen molar-refractivity contribution in [2.24, 2.45) is 0 Å². The molecule has 4 rings (SSSR count). The number of nitrogens with zero attached hydrogens (tertiary/aromatic N) is 1. The fraction of sp³-hybridized carbons (Fsp3) is 0.0556. The van der Waals surface area contributed by atoms with Crippen molar-refractivity contribution in [3.8, 4) is 11.6 Å². The summed E-state index contributed by atoms with van der Waals surface area (Å²) in [4.78, 5) is 6.87. The van der Waals surface area contributed by atoms with Crippen LogP contribution < -0.4 is 0 Å². The normalized spacial score (nSPS) is 11.4. The zero-order valence-electron chi connectivity index (χ0n) is 12.3. The highest BCUT2D eigenvalue weighted by Crippen LogP contribution is 2.37. The van der Waals surface area contributed by atoms with Gasteiger partial charge in [-0.1, -0.05) is 17.7 Å². The number of pyridine rings is 1. The summed E-state index contributed by atoms with van der Waals surface area (Å²) in [5.41, 5.74) is 2.35. The van der Waals surface area contributed by atoms with Crippen molar-refractivity contribution in [2.75, 3.05) is 0 Å². The van der Waals surface area contributed by atoms with E-state index >= 15 is 0 Å². The maximum atomic E-state index is 13.2. The Kier molecular flexibility index (Phi) is 3.32. The van der Waals surface area contributed by atoms with E-state index in [0.29, 0.717) is 22.7 Å². The number of hydrogen-bond acceptors (Lipinski definition) is 3. The van der Waals surface area contributed by atoms with E-state index in [1.165, 1.54) is 12.3 Å². The van der Waals surface area contributed by atoms with Crippen LogP contribution in [-0.4, -0.2) is 20.2 Å². The number of nitrogens with one attached hydrogen (secondary N) is 1. The van der Waals surface area contributed by atoms with Crippen LogP contribution in [0.25, 0.3) is 21.7 Å². The summed E-state index contributed by atoms with van der Waals surface area (Å²) >= 11 is 5.82. The summed E-state index contributed by atoms with van der Waals surface area (Å²) in [7, 11) is 0. The van der Waals surface area contributed by atoms with E-state index in [2.05, 4.69) is 9.97 Å². The Morgan fingerprint density at radius 1 is 1.08 bits per heavy atom. The number of aromatic hydroxyl groups is 2. The second-order valence-corrected chi connectivity index (χ2v) is 6.08. The first-order valence-corrected chi connectivity index (χ1v) is 7.65. The van der Waals surface area contributed by atoms with E-state index in [0.717, 1.165) is 16.5 Å². The Bertz CT molecular complexity index is 1090. The molecule has 0 aliphatic rings. The zero-order valence-corrected chi connectivity index (χ0v) is 13.1. The minimum absolute atomic E-state index is 0.0334. The molecule has 0 saturated carbocycles. The molecule has 0 unspecified atom stereocenters. The molecular formula is C18H12ClFN2O2. The Balaban J connectivity index is 1.80. The van der Waals surface area contributed by atoms with Crippen molar-refractivity contribution < 1.29 is 14.6 Å². The molecule has 4 nitrogen and oxygen atoms in total. The number of H-pyrrole nitrogens is 1. The lowest BCUT2D eigenvalue weighted by molar-refractivity contribution is 0.454. The molecule has 120 valence electrons. The van der Waals surface area contributed by atoms with Crippen molar-refractivity contribution >= 4 is 33.3 Å². The van der Waals surface area contributed by atoms with Gasteiger partial charge in [0.1, 0.15) is 5.82 Å². The first-order valence-electron chi connectivity index (χ1n) is 7.27. The van der Waals surface area contributed by atoms with Gasteiger partial charge < -0.3 is 15.2 Å². The van der Waals surface area contributed by atoms with Crippen molar-refractivity contribution in [3.63, 3.8) is 0 Å². The number of phenolic OH excluding ortho intramolecular Hbond substituents is 1. The lowest BCUT2D eigenvalue weighted by atomic mass is 10.0. The number of phenols is 1. The number of rotatable bonds is 2. The van der Waals surface area contributed by atoms with E-state index in [-0.39, 0.29) is 16.7 Å². The van der Waals surface area contributed by atoms with Crippen molar-refractivity contribution in [2.45, 2.75) is 6.42 Å². The highest BCUT2D eigenvalue weighted by Gasteiger charge is 2.13. The molecule has 0 amide bonds. The van der Waals surface area contributed by atoms with Gasteiger partial charge in [-0.3, -0.25) is 0 Å². The van der Waals surface area contributed by atoms with Gasteiger partial charge >= 0.3 is 0 Å². The van der Waals surface area contributed by atoms with Gasteiger partial charge in [-0.25, -0.2) is 9.37 Å². The molecule has 0 atom stereocenters. The molecule has 0 saturated heterocycles. The largest absolute Gasteiger partial charge is 0.505 e. The molecule has 0 spiro atoms. The fourth-order valence-electron chi connectivity index (χ4n) is 2.90. The summed E-state index contributed by atoms with van der Waals surface area (Å²) < 4.78 is 13.2. The van der Waals surface area contributed by atoms with Crippen LogP contribution in [0.1, 0.15) is 11.1 Å². The van der Waals surface area contributed by atoms with Gasteiger partial charge in [0, 0.05) is 23.2 Å². The minimum Gasteiger partial charge on any atom is -0.505 e. The van der Waals surface area contributed by atoms with Gasteiger partial charge in [0.05, 0.1) is 15.9 Å². The molecule has 0 bridgehead atoms. The number of aromatic amines is 1. The second kappa shape index (κ2) is 5.39. The predicted octanol–water partition coefficient (Wildman–Crippen LogP) is 4.51. The average Bonchev–Trinajstić information content (AvgIpc) is 2.92. The number of aromatic nitrogens is 2. The predicted molar refractivity (Wildman–Crippen MR) is 91.1 cm³/mol. The average molecular weight is 343 g/mol. The lowest BCUT2D eigenvalue weighted by Gasteiger charge is -2.08. The molecule has 0 aliphatic heterocycles. The Morgan fingerprint density at radius 2 is 1.92 bits per heavy atom. The number of hydrogen-bond donors (Lipinski definition) is 3. The minimum atomic E-state index is -0.443. The molecular weight excluding hydrogens is 331 g/mol. The zero-order chi connectivity index (χ0) is 16.8. The smallest absolute Gasteiger partial charge is 0.222 e. The van der Waals surface area contributed by atoms with Gasteiger partial charge in [-0.05, 0) is 41.8 Å². The first kappa shape index (κ1) is 14.8. The van der Waals surface area contributed by atoms with Crippen LogP contribution >= 0.6 is 11.6 Å². The molecule has 4 aromatic rings. The van der Waals surface area contributed by atoms with E-state index in [1.54, 1.807) is 18.3 Å². The monoisotopic (exact) mass is 342 g/mol. The van der Waals surface area contributed by atoms with Crippen LogP contribution in [0.2, 0.25) is 5.02 Å². The molecule has 2 heterocycles. The van der Waals surface area contributed by atoms with Crippen molar-refractivity contribution in [3.05, 3.63) is 64.7 Å². The summed E-state index contributed by atoms with van der Waals surface area (Å²) in [6.07, 6.45) is 3.84. The molecule has 3 N–H and O–H groups in total. The third-order valence-electron chi connectivity index (χ3n) is 4.05. The second-order valence-electron chi connectivity index (χ2n) is 5.67. The third-order valence-corrected chi connectivity index (χ3v) is 4.34. The van der Waals surface area contributed by atoms with Crippen LogP contribution in [-0.2, 0) is 6.42 Å². The lowest BCUT2D eigenvalue weighted by Crippen LogP contribution is -1.92. The van der Waals surface area contributed by atoms with Crippen LogP contribution in [0, 0.1) is 5.82 Å². The molecule has 24 heavy (non-hydrogen) atoms. The topological polar surface area (TPSA) is 69.1 Å². The van der Waals surface area contributed by atoms with Gasteiger partial charge in [-0.15, -0.1) is 0 Å². The maximum absolute atomic E-state index is 13.2. The van der Waals surface area contributed by atoms with Crippen molar-refractivity contribution in [1.29, 1.82) is 0 Å². The molecule has 2 aromatic carbocycles. The molecule has 2 aromatic heterocycles. The van der Waals surface area contributed by atoms with Gasteiger partial charge in [0.25, 0.3) is 0 Å². The summed E-state index contributed by atoms with van der Waals surface area (Å²) in [5.74, 6) is -0.668. The highest BCUT2D eigenvalue weighted by molar-refractivity contribution is 6.30. The summed E-state index contributed by atoms with van der Waals surface area (Å²) in [6.45, 7) is 0. The number of benzene rings is 2. The SMILES string of the molecule is Oc1ncc2cc3cc(Cc4ccc(F)c(Cl)c4)c[nH]c3c(O)c12. The molecule has 6 heteroatoms. The first-order chi connectivity index (χ1) is 11.5.